The van der Waals surface area contributed by atoms with Crippen LogP contribution in [0.2, 0.25) is 0 Å². The highest BCUT2D eigenvalue weighted by Crippen LogP contribution is 2.23. The van der Waals surface area contributed by atoms with E-state index in [9.17, 15) is 0 Å². The second kappa shape index (κ2) is 18.4. The topological polar surface area (TPSA) is 24.5 Å². The zero-order chi connectivity index (χ0) is 17.6. The molecule has 0 saturated heterocycles. The number of hydrogen-bond acceptors (Lipinski definition) is 3. The maximum atomic E-state index is 5.71. The molecule has 0 aliphatic rings. The third-order valence-corrected chi connectivity index (χ3v) is 4.61. The molecule has 0 aromatic heterocycles. The molecule has 0 amide bonds. The lowest BCUT2D eigenvalue weighted by molar-refractivity contribution is 0.261. The Morgan fingerprint density at radius 3 is 2.15 bits per heavy atom. The fourth-order valence-electron chi connectivity index (χ4n) is 2.73. The van der Waals surface area contributed by atoms with Crippen molar-refractivity contribution in [2.75, 3.05) is 32.8 Å². The lowest BCUT2D eigenvalue weighted by Gasteiger charge is -2.22. The third-order valence-electron chi connectivity index (χ3n) is 4.12. The van der Waals surface area contributed by atoms with Crippen LogP contribution in [0, 0.1) is 0 Å². The van der Waals surface area contributed by atoms with Crippen LogP contribution in [-0.2, 0) is 6.54 Å². The predicted octanol–water partition coefficient (Wildman–Crippen LogP) is 6.07. The van der Waals surface area contributed by atoms with Gasteiger partial charge in [0.15, 0.2) is 0 Å². The Morgan fingerprint density at radius 1 is 0.962 bits per heavy atom. The van der Waals surface area contributed by atoms with Gasteiger partial charge in [0.1, 0.15) is 5.75 Å². The van der Waals surface area contributed by atoms with Gasteiger partial charge < -0.3 is 15.0 Å². The van der Waals surface area contributed by atoms with Crippen molar-refractivity contribution in [3.8, 4) is 5.75 Å². The van der Waals surface area contributed by atoms with Crippen molar-refractivity contribution in [2.45, 2.75) is 59.4 Å². The summed E-state index contributed by atoms with van der Waals surface area (Å²) in [5.41, 5.74) is 1.22. The highest BCUT2D eigenvalue weighted by Gasteiger charge is 2.06. The van der Waals surface area contributed by atoms with E-state index >= 15 is 0 Å². The van der Waals surface area contributed by atoms with Crippen molar-refractivity contribution >= 4 is 40.7 Å². The lowest BCUT2D eigenvalue weighted by atomic mass is 10.2. The van der Waals surface area contributed by atoms with Crippen LogP contribution >= 0.6 is 40.7 Å². The molecule has 1 N–H and O–H groups in total. The maximum absolute atomic E-state index is 5.71. The van der Waals surface area contributed by atoms with Crippen LogP contribution in [0.25, 0.3) is 0 Å². The minimum absolute atomic E-state index is 0. The zero-order valence-electron chi connectivity index (χ0n) is 16.6. The molecule has 0 heterocycles. The third kappa shape index (κ3) is 12.4. The molecule has 26 heavy (non-hydrogen) atoms. The monoisotopic (exact) mass is 470 g/mol. The largest absolute Gasteiger partial charge is 0.494 e. The van der Waals surface area contributed by atoms with E-state index in [1.807, 2.05) is 19.1 Å². The van der Waals surface area contributed by atoms with E-state index in [0.717, 1.165) is 23.3 Å². The summed E-state index contributed by atoms with van der Waals surface area (Å²) >= 11 is 3.55. The Bertz CT molecular complexity index is 442. The molecule has 1 rings (SSSR count). The van der Waals surface area contributed by atoms with Crippen LogP contribution in [-0.4, -0.2) is 37.7 Å². The fraction of sp³-hybridized carbons (Fsp3) is 0.700. The molecule has 0 unspecified atom stereocenters. The van der Waals surface area contributed by atoms with E-state index < -0.39 is 0 Å². The average molecular weight is 472 g/mol. The first-order valence-electron chi connectivity index (χ1n) is 9.55. The van der Waals surface area contributed by atoms with E-state index in [1.165, 1.54) is 57.3 Å². The molecule has 3 nitrogen and oxygen atoms in total. The first-order chi connectivity index (χ1) is 11.7. The summed E-state index contributed by atoms with van der Waals surface area (Å²) in [5, 5.41) is 3.57. The van der Waals surface area contributed by atoms with Crippen molar-refractivity contribution in [3.63, 3.8) is 0 Å². The molecule has 0 bridgehead atoms. The van der Waals surface area contributed by atoms with Crippen LogP contribution in [0.3, 0.4) is 0 Å². The normalized spacial score (nSPS) is 10.3. The predicted molar refractivity (Wildman–Crippen MR) is 122 cm³/mol. The minimum atomic E-state index is 0. The van der Waals surface area contributed by atoms with Gasteiger partial charge in [0.2, 0.25) is 0 Å². The smallest absolute Gasteiger partial charge is 0.123 e. The lowest BCUT2D eigenvalue weighted by Crippen LogP contribution is -2.29. The highest BCUT2D eigenvalue weighted by molar-refractivity contribution is 9.10. The number of nitrogens with zero attached hydrogens (tertiary/aromatic N) is 1. The van der Waals surface area contributed by atoms with Crippen molar-refractivity contribution in [2.24, 2.45) is 0 Å². The van der Waals surface area contributed by atoms with Crippen LogP contribution in [0.1, 0.15) is 58.4 Å². The Balaban J connectivity index is 0. The van der Waals surface area contributed by atoms with Crippen LogP contribution in [0.5, 0.6) is 5.75 Å². The standard InChI is InChI=1S/C20H35BrN2O.2ClH/c1-4-7-13-23(14-8-5-2)15-9-12-22-17-18-16-19(21)10-11-20(18)24-6-3;;/h10-11,16,22H,4-9,12-15,17H2,1-3H3;2*1H. The van der Waals surface area contributed by atoms with Gasteiger partial charge in [-0.15, -0.1) is 24.8 Å². The summed E-state index contributed by atoms with van der Waals surface area (Å²) in [6.07, 6.45) is 6.39. The summed E-state index contributed by atoms with van der Waals surface area (Å²) in [5.74, 6) is 0.987. The summed E-state index contributed by atoms with van der Waals surface area (Å²) in [4.78, 5) is 2.62. The van der Waals surface area contributed by atoms with Crippen molar-refractivity contribution in [1.82, 2.24) is 10.2 Å². The number of nitrogens with one attached hydrogen (secondary N) is 1. The molecular weight excluding hydrogens is 435 g/mol. The molecule has 0 aliphatic heterocycles. The molecule has 1 aromatic rings. The summed E-state index contributed by atoms with van der Waals surface area (Å²) in [6, 6.07) is 6.22. The number of unbranched alkanes of at least 4 members (excludes halogenated alkanes) is 2. The second-order valence-electron chi connectivity index (χ2n) is 6.26. The molecule has 0 fully saturated rings. The molecule has 0 saturated carbocycles. The van der Waals surface area contributed by atoms with Gasteiger partial charge in [0.05, 0.1) is 6.61 Å². The van der Waals surface area contributed by atoms with Gasteiger partial charge in [0.25, 0.3) is 0 Å². The quantitative estimate of drug-likeness (QED) is 0.333. The Hall–Kier alpha value is -0.000000000000000111. The summed E-state index contributed by atoms with van der Waals surface area (Å²) in [6.45, 7) is 12.9. The summed E-state index contributed by atoms with van der Waals surface area (Å²) in [7, 11) is 0. The minimum Gasteiger partial charge on any atom is -0.494 e. The average Bonchev–Trinajstić information content (AvgIpc) is 2.58. The first kappa shape index (κ1) is 28.2. The van der Waals surface area contributed by atoms with Crippen LogP contribution < -0.4 is 10.1 Å². The van der Waals surface area contributed by atoms with Gasteiger partial charge in [-0.05, 0) is 70.6 Å². The zero-order valence-corrected chi connectivity index (χ0v) is 19.8. The number of rotatable bonds is 14. The fourth-order valence-corrected chi connectivity index (χ4v) is 3.14. The van der Waals surface area contributed by atoms with Gasteiger partial charge in [-0.1, -0.05) is 42.6 Å². The van der Waals surface area contributed by atoms with E-state index in [0.29, 0.717) is 6.61 Å². The Morgan fingerprint density at radius 2 is 1.58 bits per heavy atom. The molecule has 0 aliphatic carbocycles. The molecule has 0 radical (unpaired) electrons. The van der Waals surface area contributed by atoms with Gasteiger partial charge in [0, 0.05) is 16.6 Å². The second-order valence-corrected chi connectivity index (χ2v) is 7.18. The molecule has 1 aromatic carbocycles. The van der Waals surface area contributed by atoms with Gasteiger partial charge in [-0.3, -0.25) is 0 Å². The Kier molecular flexibility index (Phi) is 19.9. The SMILES string of the molecule is CCCCN(CCCC)CCCNCc1cc(Br)ccc1OCC.Cl.Cl. The molecule has 154 valence electrons. The van der Waals surface area contributed by atoms with Crippen molar-refractivity contribution < 1.29 is 4.74 Å². The van der Waals surface area contributed by atoms with E-state index in [1.54, 1.807) is 0 Å². The van der Waals surface area contributed by atoms with Crippen molar-refractivity contribution in [1.29, 1.82) is 0 Å². The van der Waals surface area contributed by atoms with Crippen LogP contribution in [0.15, 0.2) is 22.7 Å². The van der Waals surface area contributed by atoms with Crippen LogP contribution in [0.4, 0.5) is 0 Å². The van der Waals surface area contributed by atoms with Gasteiger partial charge in [-0.2, -0.15) is 0 Å². The Labute approximate surface area is 181 Å². The van der Waals surface area contributed by atoms with E-state index in [4.69, 9.17) is 4.74 Å². The molecular formula is C20H37BrCl2N2O. The van der Waals surface area contributed by atoms with Gasteiger partial charge >= 0.3 is 0 Å². The van der Waals surface area contributed by atoms with E-state index in [-0.39, 0.29) is 24.8 Å². The first-order valence-corrected chi connectivity index (χ1v) is 10.3. The number of benzene rings is 1. The summed E-state index contributed by atoms with van der Waals surface area (Å²) < 4.78 is 6.81. The molecule has 0 spiro atoms. The highest BCUT2D eigenvalue weighted by atomic mass is 79.9. The van der Waals surface area contributed by atoms with Crippen molar-refractivity contribution in [3.05, 3.63) is 28.2 Å². The number of hydrogen-bond donors (Lipinski definition) is 1. The molecule has 0 atom stereocenters. The number of halogens is 3. The van der Waals surface area contributed by atoms with Gasteiger partial charge in [-0.25, -0.2) is 0 Å². The van der Waals surface area contributed by atoms with E-state index in [2.05, 4.69) is 46.1 Å². The maximum Gasteiger partial charge on any atom is 0.123 e. The number of ether oxygens (including phenoxy) is 1. The molecule has 6 heteroatoms.